The topological polar surface area (TPSA) is 27.0 Å². The Kier molecular flexibility index (Phi) is 5.00. The van der Waals surface area contributed by atoms with Crippen LogP contribution in [0, 0.1) is 50.9 Å². The van der Waals surface area contributed by atoms with Crippen molar-refractivity contribution in [3.05, 3.63) is 28.3 Å². The van der Waals surface area contributed by atoms with Crippen molar-refractivity contribution in [3.8, 4) is 6.07 Å². The van der Waals surface area contributed by atoms with Crippen LogP contribution in [0.4, 0.5) is 5.69 Å². The van der Waals surface area contributed by atoms with Gasteiger partial charge in [0, 0.05) is 19.3 Å². The van der Waals surface area contributed by atoms with E-state index in [0.717, 1.165) is 6.54 Å². The molecule has 1 atom stereocenters. The molecule has 0 saturated carbocycles. The summed E-state index contributed by atoms with van der Waals surface area (Å²) in [5.74, 6) is 0.462. The van der Waals surface area contributed by atoms with E-state index in [4.69, 9.17) is 0 Å². The first-order chi connectivity index (χ1) is 8.79. The van der Waals surface area contributed by atoms with E-state index in [1.807, 2.05) is 0 Å². The van der Waals surface area contributed by atoms with Gasteiger partial charge in [0.2, 0.25) is 0 Å². The Morgan fingerprint density at radius 3 is 1.95 bits per heavy atom. The van der Waals surface area contributed by atoms with Crippen molar-refractivity contribution < 1.29 is 0 Å². The van der Waals surface area contributed by atoms with Crippen LogP contribution in [0.25, 0.3) is 0 Å². The standard InChI is InChI=1S/C17H26N2/c1-11(2)16(9-18)10-19(7)17-14(5)12(3)8-13(4)15(17)6/h8,11,16H,10H2,1-7H3. The monoisotopic (exact) mass is 258 g/mol. The third kappa shape index (κ3) is 3.29. The maximum Gasteiger partial charge on any atom is 0.0677 e. The van der Waals surface area contributed by atoms with Gasteiger partial charge in [-0.05, 0) is 55.9 Å². The molecule has 104 valence electrons. The predicted octanol–water partition coefficient (Wildman–Crippen LogP) is 4.15. The van der Waals surface area contributed by atoms with Crippen molar-refractivity contribution >= 4 is 5.69 Å². The Morgan fingerprint density at radius 1 is 1.11 bits per heavy atom. The van der Waals surface area contributed by atoms with Gasteiger partial charge in [-0.25, -0.2) is 0 Å². The predicted molar refractivity (Wildman–Crippen MR) is 82.6 cm³/mol. The number of rotatable bonds is 4. The van der Waals surface area contributed by atoms with Crippen molar-refractivity contribution in [1.82, 2.24) is 0 Å². The molecule has 1 rings (SSSR count). The van der Waals surface area contributed by atoms with E-state index in [2.05, 4.69) is 65.6 Å². The van der Waals surface area contributed by atoms with E-state index in [1.165, 1.54) is 27.9 Å². The summed E-state index contributed by atoms with van der Waals surface area (Å²) in [6.45, 7) is 13.7. The van der Waals surface area contributed by atoms with Crippen molar-refractivity contribution in [2.24, 2.45) is 11.8 Å². The van der Waals surface area contributed by atoms with Crippen LogP contribution in [0.2, 0.25) is 0 Å². The highest BCUT2D eigenvalue weighted by Crippen LogP contribution is 2.30. The minimum atomic E-state index is 0.0737. The first-order valence-electron chi connectivity index (χ1n) is 6.97. The molecule has 0 N–H and O–H groups in total. The third-order valence-electron chi connectivity index (χ3n) is 4.15. The second kappa shape index (κ2) is 6.10. The molecule has 1 aromatic carbocycles. The molecule has 0 heterocycles. The summed E-state index contributed by atoms with van der Waals surface area (Å²) in [5.41, 5.74) is 6.58. The van der Waals surface area contributed by atoms with E-state index < -0.39 is 0 Å². The van der Waals surface area contributed by atoms with Crippen molar-refractivity contribution in [3.63, 3.8) is 0 Å². The zero-order valence-corrected chi connectivity index (χ0v) is 13.3. The second-order valence-corrected chi connectivity index (χ2v) is 5.97. The number of hydrogen-bond acceptors (Lipinski definition) is 2. The molecular formula is C17H26N2. The van der Waals surface area contributed by atoms with E-state index in [0.29, 0.717) is 5.92 Å². The van der Waals surface area contributed by atoms with Crippen LogP contribution in [-0.4, -0.2) is 13.6 Å². The van der Waals surface area contributed by atoms with Gasteiger partial charge in [-0.3, -0.25) is 0 Å². The number of nitrogens with zero attached hydrogens (tertiary/aromatic N) is 2. The Balaban J connectivity index is 3.13. The normalized spacial score (nSPS) is 12.4. The lowest BCUT2D eigenvalue weighted by molar-refractivity contribution is 0.477. The quantitative estimate of drug-likeness (QED) is 0.811. The lowest BCUT2D eigenvalue weighted by Crippen LogP contribution is -2.29. The SMILES string of the molecule is Cc1cc(C)c(C)c(N(C)CC(C#N)C(C)C)c1C. The average Bonchev–Trinajstić information content (AvgIpc) is 2.33. The zero-order chi connectivity index (χ0) is 14.7. The lowest BCUT2D eigenvalue weighted by Gasteiger charge is -2.28. The van der Waals surface area contributed by atoms with Gasteiger partial charge in [-0.15, -0.1) is 0 Å². The van der Waals surface area contributed by atoms with Crippen LogP contribution in [0.15, 0.2) is 6.07 Å². The number of benzene rings is 1. The van der Waals surface area contributed by atoms with Crippen LogP contribution < -0.4 is 4.90 Å². The Labute approximate surface area is 118 Å². The summed E-state index contributed by atoms with van der Waals surface area (Å²) in [6.07, 6.45) is 0. The summed E-state index contributed by atoms with van der Waals surface area (Å²) < 4.78 is 0. The molecular weight excluding hydrogens is 232 g/mol. The lowest BCUT2D eigenvalue weighted by atomic mass is 9.94. The van der Waals surface area contributed by atoms with Crippen LogP contribution in [0.3, 0.4) is 0 Å². The van der Waals surface area contributed by atoms with Gasteiger partial charge >= 0.3 is 0 Å². The van der Waals surface area contributed by atoms with Crippen molar-refractivity contribution in [1.29, 1.82) is 5.26 Å². The highest BCUT2D eigenvalue weighted by atomic mass is 15.1. The average molecular weight is 258 g/mol. The smallest absolute Gasteiger partial charge is 0.0677 e. The molecule has 0 bridgehead atoms. The van der Waals surface area contributed by atoms with E-state index in [1.54, 1.807) is 0 Å². The third-order valence-corrected chi connectivity index (χ3v) is 4.15. The fraction of sp³-hybridized carbons (Fsp3) is 0.588. The maximum absolute atomic E-state index is 9.26. The molecule has 19 heavy (non-hydrogen) atoms. The van der Waals surface area contributed by atoms with Crippen LogP contribution >= 0.6 is 0 Å². The van der Waals surface area contributed by atoms with Crippen LogP contribution in [0.5, 0.6) is 0 Å². The van der Waals surface area contributed by atoms with Crippen molar-refractivity contribution in [2.75, 3.05) is 18.5 Å². The molecule has 0 aliphatic heterocycles. The minimum Gasteiger partial charge on any atom is -0.373 e. The molecule has 0 saturated heterocycles. The molecule has 0 radical (unpaired) electrons. The summed E-state index contributed by atoms with van der Waals surface area (Å²) in [5, 5.41) is 9.26. The van der Waals surface area contributed by atoms with Gasteiger partial charge in [-0.2, -0.15) is 5.26 Å². The molecule has 0 aliphatic carbocycles. The van der Waals surface area contributed by atoms with Crippen LogP contribution in [-0.2, 0) is 0 Å². The molecule has 0 aliphatic rings. The largest absolute Gasteiger partial charge is 0.373 e. The number of hydrogen-bond donors (Lipinski definition) is 0. The molecule has 1 aromatic rings. The van der Waals surface area contributed by atoms with E-state index in [-0.39, 0.29) is 5.92 Å². The summed E-state index contributed by atoms with van der Waals surface area (Å²) in [6, 6.07) is 4.67. The van der Waals surface area contributed by atoms with E-state index in [9.17, 15) is 5.26 Å². The highest BCUT2D eigenvalue weighted by molar-refractivity contribution is 5.63. The Bertz CT molecular complexity index is 469. The number of nitriles is 1. The molecule has 0 aromatic heterocycles. The van der Waals surface area contributed by atoms with Gasteiger partial charge < -0.3 is 4.90 Å². The Morgan fingerprint density at radius 2 is 1.58 bits per heavy atom. The second-order valence-electron chi connectivity index (χ2n) is 5.97. The van der Waals surface area contributed by atoms with Gasteiger partial charge in [0.15, 0.2) is 0 Å². The van der Waals surface area contributed by atoms with Gasteiger partial charge in [0.05, 0.1) is 12.0 Å². The molecule has 2 heteroatoms. The first kappa shape index (κ1) is 15.6. The number of anilines is 1. The first-order valence-corrected chi connectivity index (χ1v) is 6.97. The fourth-order valence-corrected chi connectivity index (χ4v) is 2.56. The van der Waals surface area contributed by atoms with Gasteiger partial charge in [-0.1, -0.05) is 19.9 Å². The Hall–Kier alpha value is -1.49. The van der Waals surface area contributed by atoms with Gasteiger partial charge in [0.1, 0.15) is 0 Å². The summed E-state index contributed by atoms with van der Waals surface area (Å²) in [7, 11) is 2.10. The van der Waals surface area contributed by atoms with Crippen LogP contribution in [0.1, 0.15) is 36.1 Å². The molecule has 2 nitrogen and oxygen atoms in total. The summed E-state index contributed by atoms with van der Waals surface area (Å²) in [4.78, 5) is 2.25. The fourth-order valence-electron chi connectivity index (χ4n) is 2.56. The zero-order valence-electron chi connectivity index (χ0n) is 13.3. The van der Waals surface area contributed by atoms with Crippen molar-refractivity contribution in [2.45, 2.75) is 41.5 Å². The summed E-state index contributed by atoms with van der Waals surface area (Å²) >= 11 is 0. The maximum atomic E-state index is 9.26. The van der Waals surface area contributed by atoms with E-state index >= 15 is 0 Å². The van der Waals surface area contributed by atoms with Gasteiger partial charge in [0.25, 0.3) is 0 Å². The molecule has 0 spiro atoms. The molecule has 0 amide bonds. The molecule has 1 unspecified atom stereocenters. The minimum absolute atomic E-state index is 0.0737. The molecule has 0 fully saturated rings. The number of aryl methyl sites for hydroxylation is 2. The highest BCUT2D eigenvalue weighted by Gasteiger charge is 2.18.